The molecule has 0 aliphatic carbocycles. The maximum atomic E-state index is 4.70. The van der Waals surface area contributed by atoms with Gasteiger partial charge in [-0.25, -0.2) is 15.4 Å². The topological polar surface area (TPSA) is 74.6 Å². The number of pyridine rings is 2. The molecule has 2 N–H and O–H groups in total. The van der Waals surface area contributed by atoms with Crippen LogP contribution in [0.25, 0.3) is 21.9 Å². The predicted molar refractivity (Wildman–Crippen MR) is 88.1 cm³/mol. The van der Waals surface area contributed by atoms with E-state index in [9.17, 15) is 0 Å². The minimum absolute atomic E-state index is 0.707. The van der Waals surface area contributed by atoms with Crippen molar-refractivity contribution in [3.8, 4) is 0 Å². The zero-order chi connectivity index (χ0) is 14.8. The van der Waals surface area contributed by atoms with Gasteiger partial charge in [0.15, 0.2) is 0 Å². The predicted octanol–water partition coefficient (Wildman–Crippen LogP) is 1.67. The van der Waals surface area contributed by atoms with Crippen molar-refractivity contribution >= 4 is 34.1 Å². The molecule has 0 amide bonds. The molecule has 3 heterocycles. The lowest BCUT2D eigenvalue weighted by molar-refractivity contribution is 0.920. The fourth-order valence-corrected chi connectivity index (χ4v) is 2.45. The lowest BCUT2D eigenvalue weighted by atomic mass is 10.1. The quantitative estimate of drug-likeness (QED) is 0.428. The SMILES string of the molecule is C(=N\NC1=NCCN1)/c1cccc2cc3ncccc3nc12. The molecule has 108 valence electrons. The van der Waals surface area contributed by atoms with Gasteiger partial charge in [-0.15, -0.1) is 0 Å². The van der Waals surface area contributed by atoms with E-state index in [0.29, 0.717) is 5.96 Å². The van der Waals surface area contributed by atoms with Crippen LogP contribution in [0.5, 0.6) is 0 Å². The van der Waals surface area contributed by atoms with Crippen LogP contribution in [0, 0.1) is 0 Å². The summed E-state index contributed by atoms with van der Waals surface area (Å²) in [5.74, 6) is 0.707. The number of aliphatic imine (C=N–C) groups is 1. The largest absolute Gasteiger partial charge is 0.353 e. The number of guanidine groups is 1. The zero-order valence-electron chi connectivity index (χ0n) is 11.8. The Morgan fingerprint density at radius 2 is 2.18 bits per heavy atom. The fourth-order valence-electron chi connectivity index (χ4n) is 2.45. The van der Waals surface area contributed by atoms with Crippen molar-refractivity contribution in [3.05, 3.63) is 48.2 Å². The Bertz CT molecular complexity index is 899. The number of fused-ring (bicyclic) bond motifs is 2. The van der Waals surface area contributed by atoms with Gasteiger partial charge in [-0.2, -0.15) is 5.10 Å². The maximum Gasteiger partial charge on any atom is 0.212 e. The first-order valence-electron chi connectivity index (χ1n) is 7.12. The molecule has 0 unspecified atom stereocenters. The van der Waals surface area contributed by atoms with Gasteiger partial charge < -0.3 is 5.32 Å². The van der Waals surface area contributed by atoms with E-state index in [2.05, 4.69) is 25.8 Å². The van der Waals surface area contributed by atoms with Gasteiger partial charge in [-0.05, 0) is 18.2 Å². The number of nitrogens with zero attached hydrogens (tertiary/aromatic N) is 4. The van der Waals surface area contributed by atoms with Gasteiger partial charge in [0.1, 0.15) is 0 Å². The van der Waals surface area contributed by atoms with Gasteiger partial charge in [0, 0.05) is 23.7 Å². The molecular formula is C16H14N6. The first-order valence-corrected chi connectivity index (χ1v) is 7.12. The van der Waals surface area contributed by atoms with Crippen LogP contribution in [0.15, 0.2) is 52.7 Å². The summed E-state index contributed by atoms with van der Waals surface area (Å²) in [5.41, 5.74) is 6.54. The fraction of sp³-hybridized carbons (Fsp3) is 0.125. The highest BCUT2D eigenvalue weighted by Gasteiger charge is 2.05. The third kappa shape index (κ3) is 2.35. The second kappa shape index (κ2) is 5.40. The van der Waals surface area contributed by atoms with E-state index in [1.807, 2.05) is 36.4 Å². The molecule has 0 fully saturated rings. The second-order valence-corrected chi connectivity index (χ2v) is 4.98. The van der Waals surface area contributed by atoms with Crippen LogP contribution in [-0.4, -0.2) is 35.2 Å². The van der Waals surface area contributed by atoms with Crippen molar-refractivity contribution in [3.63, 3.8) is 0 Å². The first-order chi connectivity index (χ1) is 10.9. The molecule has 0 radical (unpaired) electrons. The minimum Gasteiger partial charge on any atom is -0.353 e. The summed E-state index contributed by atoms with van der Waals surface area (Å²) in [6.45, 7) is 1.64. The number of benzene rings is 1. The number of hydrogen-bond donors (Lipinski definition) is 2. The van der Waals surface area contributed by atoms with Crippen LogP contribution in [0.1, 0.15) is 5.56 Å². The summed E-state index contributed by atoms with van der Waals surface area (Å²) in [6, 6.07) is 11.9. The Hall–Kier alpha value is -3.02. The molecule has 6 nitrogen and oxygen atoms in total. The van der Waals surface area contributed by atoms with Crippen molar-refractivity contribution in [2.45, 2.75) is 0 Å². The van der Waals surface area contributed by atoms with Crippen molar-refractivity contribution in [1.82, 2.24) is 20.7 Å². The molecule has 3 aromatic rings. The number of para-hydroxylation sites is 1. The third-order valence-corrected chi connectivity index (χ3v) is 3.49. The number of rotatable bonds is 2. The molecule has 1 aliphatic heterocycles. The molecule has 1 aromatic carbocycles. The van der Waals surface area contributed by atoms with Crippen LogP contribution in [0.4, 0.5) is 0 Å². The van der Waals surface area contributed by atoms with Gasteiger partial charge in [-0.1, -0.05) is 18.2 Å². The van der Waals surface area contributed by atoms with E-state index >= 15 is 0 Å². The lowest BCUT2D eigenvalue weighted by Crippen LogP contribution is -2.30. The molecule has 0 saturated carbocycles. The van der Waals surface area contributed by atoms with Gasteiger partial charge in [0.2, 0.25) is 5.96 Å². The Labute approximate surface area is 127 Å². The summed E-state index contributed by atoms with van der Waals surface area (Å²) >= 11 is 0. The summed E-state index contributed by atoms with van der Waals surface area (Å²) in [4.78, 5) is 13.3. The van der Waals surface area contributed by atoms with E-state index in [-0.39, 0.29) is 0 Å². The monoisotopic (exact) mass is 290 g/mol. The molecule has 0 bridgehead atoms. The molecule has 0 spiro atoms. The summed E-state index contributed by atoms with van der Waals surface area (Å²) in [6.07, 6.45) is 3.54. The van der Waals surface area contributed by atoms with Crippen molar-refractivity contribution < 1.29 is 0 Å². The molecule has 2 aromatic heterocycles. The third-order valence-electron chi connectivity index (χ3n) is 3.49. The van der Waals surface area contributed by atoms with E-state index in [4.69, 9.17) is 4.98 Å². The van der Waals surface area contributed by atoms with Gasteiger partial charge in [0.05, 0.1) is 29.3 Å². The lowest BCUT2D eigenvalue weighted by Gasteiger charge is -2.04. The van der Waals surface area contributed by atoms with Crippen LogP contribution in [0.3, 0.4) is 0 Å². The van der Waals surface area contributed by atoms with Crippen LogP contribution < -0.4 is 10.7 Å². The van der Waals surface area contributed by atoms with Gasteiger partial charge in [0.25, 0.3) is 0 Å². The Kier molecular flexibility index (Phi) is 3.12. The van der Waals surface area contributed by atoms with Crippen LogP contribution in [0.2, 0.25) is 0 Å². The van der Waals surface area contributed by atoms with E-state index in [1.165, 1.54) is 0 Å². The molecule has 1 aliphatic rings. The average molecular weight is 290 g/mol. The van der Waals surface area contributed by atoms with E-state index in [1.54, 1.807) is 12.4 Å². The van der Waals surface area contributed by atoms with E-state index in [0.717, 1.165) is 40.6 Å². The Morgan fingerprint density at radius 1 is 1.18 bits per heavy atom. The average Bonchev–Trinajstić information content (AvgIpc) is 3.07. The highest BCUT2D eigenvalue weighted by molar-refractivity contribution is 6.01. The Morgan fingerprint density at radius 3 is 3.09 bits per heavy atom. The number of nitrogens with one attached hydrogen (secondary N) is 2. The molecule has 0 atom stereocenters. The standard InChI is InChI=1S/C16H14N6/c1-3-11-9-14-13(5-2-6-17-14)21-15(11)12(4-1)10-20-22-16-18-7-8-19-16/h1-6,9-10H,7-8H2,(H2,18,19,22)/b20-10+. The smallest absolute Gasteiger partial charge is 0.212 e. The van der Waals surface area contributed by atoms with Crippen LogP contribution in [-0.2, 0) is 0 Å². The summed E-state index contributed by atoms with van der Waals surface area (Å²) in [7, 11) is 0. The highest BCUT2D eigenvalue weighted by atomic mass is 15.4. The highest BCUT2D eigenvalue weighted by Crippen LogP contribution is 2.20. The maximum absolute atomic E-state index is 4.70. The zero-order valence-corrected chi connectivity index (χ0v) is 11.8. The van der Waals surface area contributed by atoms with Crippen molar-refractivity contribution in [1.29, 1.82) is 0 Å². The van der Waals surface area contributed by atoms with Gasteiger partial charge >= 0.3 is 0 Å². The number of hydrogen-bond acceptors (Lipinski definition) is 6. The number of aromatic nitrogens is 2. The molecule has 0 saturated heterocycles. The van der Waals surface area contributed by atoms with Crippen molar-refractivity contribution in [2.24, 2.45) is 10.1 Å². The molecular weight excluding hydrogens is 276 g/mol. The normalized spacial score (nSPS) is 14.5. The number of hydrazone groups is 1. The van der Waals surface area contributed by atoms with Gasteiger partial charge in [-0.3, -0.25) is 4.98 Å². The summed E-state index contributed by atoms with van der Waals surface area (Å²) in [5, 5.41) is 8.38. The molecule has 4 rings (SSSR count). The van der Waals surface area contributed by atoms with E-state index < -0.39 is 0 Å². The second-order valence-electron chi connectivity index (χ2n) is 4.98. The Balaban J connectivity index is 1.73. The summed E-state index contributed by atoms with van der Waals surface area (Å²) < 4.78 is 0. The molecule has 22 heavy (non-hydrogen) atoms. The minimum atomic E-state index is 0.707. The molecule has 6 heteroatoms. The van der Waals surface area contributed by atoms with Crippen LogP contribution >= 0.6 is 0 Å². The van der Waals surface area contributed by atoms with Crippen molar-refractivity contribution in [2.75, 3.05) is 13.1 Å². The first kappa shape index (κ1) is 12.7.